The van der Waals surface area contributed by atoms with Gasteiger partial charge in [0.15, 0.2) is 0 Å². The number of benzene rings is 7. The molecule has 0 spiro atoms. The zero-order chi connectivity index (χ0) is 90.9. The summed E-state index contributed by atoms with van der Waals surface area (Å²) in [4.78, 5) is 19.8. The highest BCUT2D eigenvalue weighted by Crippen LogP contribution is 2.25. The van der Waals surface area contributed by atoms with Crippen molar-refractivity contribution in [3.05, 3.63) is 181 Å². The highest BCUT2D eigenvalue weighted by atomic mass is 16.3. The van der Waals surface area contributed by atoms with E-state index in [1.54, 1.807) is 0 Å². The zero-order valence-electron chi connectivity index (χ0n) is 78.7. The van der Waals surface area contributed by atoms with Crippen LogP contribution in [0.5, 0.6) is 0 Å². The van der Waals surface area contributed by atoms with Gasteiger partial charge in [0.1, 0.15) is 27.6 Å². The molecule has 7 heterocycles. The Bertz CT molecular complexity index is 4410. The zero-order valence-corrected chi connectivity index (χ0v) is 78.7. The smallest absolute Gasteiger partial charge is 0.113 e. The van der Waals surface area contributed by atoms with Crippen molar-refractivity contribution in [3.63, 3.8) is 0 Å². The first kappa shape index (κ1) is 108. The van der Waals surface area contributed by atoms with Crippen LogP contribution in [0.15, 0.2) is 180 Å². The fourth-order valence-electron chi connectivity index (χ4n) is 14.1. The molecule has 0 amide bonds. The Hall–Kier alpha value is -9.52. The van der Waals surface area contributed by atoms with Crippen LogP contribution < -0.4 is 0 Å². The van der Waals surface area contributed by atoms with Gasteiger partial charge in [-0.15, -0.1) is 25.5 Å². The quantitative estimate of drug-likeness (QED) is 0.0237. The van der Waals surface area contributed by atoms with Crippen LogP contribution in [-0.4, -0.2) is 236 Å². The third-order valence-corrected chi connectivity index (χ3v) is 20.6. The van der Waals surface area contributed by atoms with E-state index in [2.05, 4.69) is 170 Å². The highest BCUT2D eigenvalue weighted by molar-refractivity contribution is 5.78. The van der Waals surface area contributed by atoms with Gasteiger partial charge in [-0.2, -0.15) is 0 Å². The molecule has 0 fully saturated rings. The van der Waals surface area contributed by atoms with Gasteiger partial charge in [-0.05, 0) is 167 Å². The molecule has 27 nitrogen and oxygen atoms in total. The Kier molecular flexibility index (Phi) is 58.5. The molecule has 14 rings (SSSR count). The number of unbranched alkanes of at least 4 members (excludes halogenated alkanes) is 3. The van der Waals surface area contributed by atoms with Crippen LogP contribution in [0.3, 0.4) is 0 Å². The van der Waals surface area contributed by atoms with E-state index in [1.807, 2.05) is 226 Å². The molecule has 0 aliphatic carbocycles. The standard InChI is InChI=1S/C23H40N4.C14H22N4O.C13H20N4O2.2C12H18N4O.2C8H7N.4C2H6/c1-5-9-13-20(7-3)17-26(18-21(8-4)14-10-6-2)19-27-23-16-12-11-15-22(23)24-25-27;1-2-3-9-17(10-6-11-19)12-18-14-8-5-4-7-13(14)15-16-18;18-9-3-7-16(8-4-10-19)11-17-13-6-2-1-5-12(13)14-15-17;2*1-2-7-15(8-9-17)10-16-12-6-4-3-5-11(12)13-14-16;2*1-2-4-8-7(3-1)5-6-9-8;4*1-2/h11-12,15-16,20-21H,5-10,13-14,17-19H2,1-4H3;4-5,7-8,19H,2-3,6,9-12H2,1H3;1-2,5-6,18-19H,3-4,7-11H2;2*3-6,17H,2,7-10H2,1H3;2*1-4,6H,5H2;4*1-2H3. The lowest BCUT2D eigenvalue weighted by Crippen LogP contribution is -2.36. The predicted octanol–water partition coefficient (Wildman–Crippen LogP) is 18.6. The van der Waals surface area contributed by atoms with Gasteiger partial charge in [0.25, 0.3) is 0 Å². The first-order valence-corrected chi connectivity index (χ1v) is 46.8. The van der Waals surface area contributed by atoms with Crippen LogP contribution >= 0.6 is 0 Å². The molecule has 5 N–H and O–H groups in total. The number of aliphatic hydroxyl groups is 5. The van der Waals surface area contributed by atoms with Crippen LogP contribution in [0.2, 0.25) is 0 Å². The summed E-state index contributed by atoms with van der Waals surface area (Å²) in [5, 5.41) is 86.8. The van der Waals surface area contributed by atoms with Crippen molar-refractivity contribution in [1.29, 1.82) is 0 Å². The van der Waals surface area contributed by atoms with Crippen LogP contribution in [0.4, 0.5) is 11.4 Å². The van der Waals surface area contributed by atoms with Gasteiger partial charge in [-0.1, -0.05) is 272 Å². The second-order valence-corrected chi connectivity index (χ2v) is 29.8. The molecule has 5 aromatic heterocycles. The summed E-state index contributed by atoms with van der Waals surface area (Å²) >= 11 is 0. The second-order valence-electron chi connectivity index (χ2n) is 29.8. The van der Waals surface area contributed by atoms with E-state index in [4.69, 9.17) is 25.5 Å². The molecular weight excluding hydrogens is 1570 g/mol. The van der Waals surface area contributed by atoms with E-state index in [-0.39, 0.29) is 33.0 Å². The molecule has 0 saturated carbocycles. The summed E-state index contributed by atoms with van der Waals surface area (Å²) in [6.07, 6.45) is 23.1. The van der Waals surface area contributed by atoms with Crippen molar-refractivity contribution >= 4 is 79.0 Å². The number of para-hydroxylation sites is 7. The molecule has 0 saturated heterocycles. The minimum atomic E-state index is 0.173. The lowest BCUT2D eigenvalue weighted by molar-refractivity contribution is 0.139. The third kappa shape index (κ3) is 39.1. The van der Waals surface area contributed by atoms with E-state index in [0.29, 0.717) is 33.1 Å². The third-order valence-electron chi connectivity index (χ3n) is 20.6. The van der Waals surface area contributed by atoms with Crippen molar-refractivity contribution in [2.75, 3.05) is 98.5 Å². The summed E-state index contributed by atoms with van der Waals surface area (Å²) < 4.78 is 9.63. The second kappa shape index (κ2) is 67.8. The molecule has 688 valence electrons. The molecule has 27 heteroatoms. The van der Waals surface area contributed by atoms with Crippen molar-refractivity contribution in [2.45, 2.75) is 246 Å². The number of hydrogen-bond donors (Lipinski definition) is 5. The molecule has 12 aromatic rings. The number of aromatic nitrogens is 15. The molecular formula is C98H156N22O5. The minimum Gasteiger partial charge on any atom is -0.396 e. The molecule has 7 aromatic carbocycles. The maximum absolute atomic E-state index is 9.02. The van der Waals surface area contributed by atoms with Gasteiger partial charge in [0.05, 0.1) is 85.5 Å². The van der Waals surface area contributed by atoms with Crippen LogP contribution in [0.1, 0.15) is 211 Å². The Morgan fingerprint density at radius 3 is 0.792 bits per heavy atom. The number of nitrogens with zero attached hydrogens (tertiary/aromatic N) is 22. The Labute approximate surface area is 747 Å². The number of rotatable bonds is 42. The van der Waals surface area contributed by atoms with Gasteiger partial charge in [0, 0.05) is 90.9 Å². The van der Waals surface area contributed by atoms with Crippen LogP contribution in [0, 0.1) is 11.8 Å². The molecule has 0 radical (unpaired) electrons. The largest absolute Gasteiger partial charge is 0.396 e. The Morgan fingerprint density at radius 1 is 0.280 bits per heavy atom. The first-order valence-electron chi connectivity index (χ1n) is 46.8. The Morgan fingerprint density at radius 2 is 0.536 bits per heavy atom. The topological polar surface area (TPSA) is 296 Å². The molecule has 2 atom stereocenters. The van der Waals surface area contributed by atoms with Gasteiger partial charge in [-0.25, -0.2) is 23.4 Å². The monoisotopic (exact) mass is 1720 g/mol. The maximum Gasteiger partial charge on any atom is 0.113 e. The van der Waals surface area contributed by atoms with E-state index in [9.17, 15) is 0 Å². The molecule has 2 aliphatic heterocycles. The van der Waals surface area contributed by atoms with Gasteiger partial charge < -0.3 is 25.5 Å². The summed E-state index contributed by atoms with van der Waals surface area (Å²) in [6.45, 7) is 45.3. The average molecular weight is 1720 g/mol. The Balaban J connectivity index is 0.000000308. The molecule has 125 heavy (non-hydrogen) atoms. The highest BCUT2D eigenvalue weighted by Gasteiger charge is 2.20. The van der Waals surface area contributed by atoms with Crippen LogP contribution in [0.25, 0.3) is 55.2 Å². The summed E-state index contributed by atoms with van der Waals surface area (Å²) in [7, 11) is 0. The van der Waals surface area contributed by atoms with E-state index >= 15 is 0 Å². The number of aliphatic imine (C=N–C) groups is 2. The van der Waals surface area contributed by atoms with Crippen LogP contribution in [-0.2, 0) is 46.2 Å². The van der Waals surface area contributed by atoms with Gasteiger partial charge in [-0.3, -0.25) is 34.5 Å². The van der Waals surface area contributed by atoms with E-state index in [0.717, 1.165) is 182 Å². The number of hydrogen-bond acceptors (Lipinski definition) is 22. The van der Waals surface area contributed by atoms with Crippen molar-refractivity contribution in [1.82, 2.24) is 99.5 Å². The lowest BCUT2D eigenvalue weighted by atomic mass is 9.96. The number of fused-ring (bicyclic) bond motifs is 7. The maximum atomic E-state index is 9.02. The van der Waals surface area contributed by atoms with E-state index in [1.165, 1.54) is 82.0 Å². The SMILES string of the molecule is C1=Nc2ccccc2C1.C1=Nc2ccccc2C1.CC.CC.CC.CC.CCCCC(CC)CN(CC(CC)CCCC)Cn1nnc2ccccc21.CCCCN(CCCO)Cn1nnc2ccccc21.CCCN(CCO)Cn1nnc2ccccc21.CCCN(CCO)Cn1nnc2ccccc21.OCCCN(CCCO)Cn1nnc2ccccc21. The number of aliphatic hydroxyl groups excluding tert-OH is 5. The molecule has 0 bridgehead atoms. The summed E-state index contributed by atoms with van der Waals surface area (Å²) in [5.41, 5.74) is 14.9. The van der Waals surface area contributed by atoms with E-state index < -0.39 is 0 Å². The van der Waals surface area contributed by atoms with Gasteiger partial charge >= 0.3 is 0 Å². The van der Waals surface area contributed by atoms with Crippen molar-refractivity contribution in [2.24, 2.45) is 21.8 Å². The predicted molar refractivity (Wildman–Crippen MR) is 519 cm³/mol. The normalized spacial score (nSPS) is 11.8. The summed E-state index contributed by atoms with van der Waals surface area (Å²) in [5.74, 6) is 1.56. The summed E-state index contributed by atoms with van der Waals surface area (Å²) in [6, 6.07) is 56.4. The average Bonchev–Trinajstić information content (AvgIpc) is 1.72. The minimum absolute atomic E-state index is 0.173. The fourth-order valence-corrected chi connectivity index (χ4v) is 14.1. The van der Waals surface area contributed by atoms with Gasteiger partial charge in [0.2, 0.25) is 0 Å². The fraction of sp³-hybridized carbons (Fsp3) is 0.551. The molecule has 2 aliphatic rings. The lowest BCUT2D eigenvalue weighted by Gasteiger charge is -2.30. The van der Waals surface area contributed by atoms with Crippen molar-refractivity contribution in [3.8, 4) is 0 Å². The molecule has 2 unspecified atom stereocenters. The van der Waals surface area contributed by atoms with Crippen molar-refractivity contribution < 1.29 is 25.5 Å². The first-order chi connectivity index (χ1) is 61.5.